The number of halogens is 1. The summed E-state index contributed by atoms with van der Waals surface area (Å²) in [6.45, 7) is 4.33. The number of nitrogens with zero attached hydrogens (tertiary/aromatic N) is 1. The van der Waals surface area contributed by atoms with Crippen LogP contribution in [0.4, 0.5) is 5.69 Å². The van der Waals surface area contributed by atoms with Gasteiger partial charge in [0, 0.05) is 16.5 Å². The van der Waals surface area contributed by atoms with Crippen LogP contribution in [0.1, 0.15) is 33.1 Å². The summed E-state index contributed by atoms with van der Waals surface area (Å²) in [5, 5.41) is 2.93. The molecule has 0 radical (unpaired) electrons. The summed E-state index contributed by atoms with van der Waals surface area (Å²) in [6, 6.07) is 7.78. The molecule has 0 saturated carbocycles. The molecule has 20 heavy (non-hydrogen) atoms. The van der Waals surface area contributed by atoms with Crippen molar-refractivity contribution in [3.63, 3.8) is 0 Å². The molecular weight excluding hydrogens is 367 g/mol. The Balaban J connectivity index is 2.46. The molecule has 1 heterocycles. The summed E-state index contributed by atoms with van der Waals surface area (Å²) in [5.74, 6) is -0.0482. The molecule has 1 saturated heterocycles. The third-order valence-corrected chi connectivity index (χ3v) is 4.86. The van der Waals surface area contributed by atoms with Crippen LogP contribution in [0.3, 0.4) is 0 Å². The van der Waals surface area contributed by atoms with Gasteiger partial charge < -0.3 is 10.2 Å². The van der Waals surface area contributed by atoms with Crippen LogP contribution < -0.4 is 10.2 Å². The highest BCUT2D eigenvalue weighted by molar-refractivity contribution is 14.1. The van der Waals surface area contributed by atoms with Crippen LogP contribution in [-0.2, 0) is 9.59 Å². The average Bonchev–Trinajstić information content (AvgIpc) is 2.58. The van der Waals surface area contributed by atoms with Gasteiger partial charge in [-0.15, -0.1) is 0 Å². The van der Waals surface area contributed by atoms with Crippen molar-refractivity contribution in [1.82, 2.24) is 5.32 Å². The largest absolute Gasteiger partial charge is 0.342 e. The molecule has 0 aromatic heterocycles. The van der Waals surface area contributed by atoms with E-state index >= 15 is 0 Å². The molecule has 108 valence electrons. The minimum atomic E-state index is -0.771. The Morgan fingerprint density at radius 3 is 2.50 bits per heavy atom. The predicted molar refractivity (Wildman–Crippen MR) is 87.6 cm³/mol. The van der Waals surface area contributed by atoms with E-state index in [1.807, 2.05) is 38.1 Å². The summed E-state index contributed by atoms with van der Waals surface area (Å²) in [7, 11) is 0. The Morgan fingerprint density at radius 1 is 1.25 bits per heavy atom. The van der Waals surface area contributed by atoms with Gasteiger partial charge in [-0.1, -0.05) is 26.0 Å². The van der Waals surface area contributed by atoms with E-state index in [1.165, 1.54) is 0 Å². The number of para-hydroxylation sites is 1. The lowest BCUT2D eigenvalue weighted by Crippen LogP contribution is -2.56. The van der Waals surface area contributed by atoms with Crippen molar-refractivity contribution >= 4 is 40.1 Å². The first-order chi connectivity index (χ1) is 9.54. The zero-order valence-corrected chi connectivity index (χ0v) is 13.9. The summed E-state index contributed by atoms with van der Waals surface area (Å²) < 4.78 is 1.02. The highest BCUT2D eigenvalue weighted by Gasteiger charge is 2.42. The Kier molecular flexibility index (Phi) is 4.67. The van der Waals surface area contributed by atoms with Gasteiger partial charge in [-0.05, 0) is 47.6 Å². The van der Waals surface area contributed by atoms with E-state index < -0.39 is 5.54 Å². The van der Waals surface area contributed by atoms with E-state index in [4.69, 9.17) is 0 Å². The topological polar surface area (TPSA) is 49.4 Å². The van der Waals surface area contributed by atoms with Crippen LogP contribution >= 0.6 is 22.6 Å². The molecule has 0 aliphatic carbocycles. The van der Waals surface area contributed by atoms with Gasteiger partial charge in [-0.2, -0.15) is 0 Å². The van der Waals surface area contributed by atoms with Crippen LogP contribution in [0.2, 0.25) is 0 Å². The number of anilines is 1. The van der Waals surface area contributed by atoms with Gasteiger partial charge in [0.05, 0.1) is 5.69 Å². The van der Waals surface area contributed by atoms with E-state index in [2.05, 4.69) is 27.9 Å². The molecule has 1 N–H and O–H groups in total. The molecule has 1 aliphatic heterocycles. The lowest BCUT2D eigenvalue weighted by molar-refractivity contribution is -0.130. The second-order valence-electron chi connectivity index (χ2n) is 5.00. The highest BCUT2D eigenvalue weighted by Crippen LogP contribution is 2.29. The number of benzene rings is 1. The fraction of sp³-hybridized carbons (Fsp3) is 0.467. The average molecular weight is 386 g/mol. The lowest BCUT2D eigenvalue weighted by atomic mass is 9.91. The highest BCUT2D eigenvalue weighted by atomic mass is 127. The summed E-state index contributed by atoms with van der Waals surface area (Å²) >= 11 is 2.23. The summed E-state index contributed by atoms with van der Waals surface area (Å²) in [5.41, 5.74) is 0.118. The molecule has 2 rings (SSSR count). The molecule has 2 amide bonds. The SMILES string of the molecule is CCC1(CC)NC(=O)CCN(c2ccccc2I)C1=O. The molecule has 1 aliphatic rings. The van der Waals surface area contributed by atoms with Crippen molar-refractivity contribution in [2.24, 2.45) is 0 Å². The zero-order chi connectivity index (χ0) is 14.8. The Morgan fingerprint density at radius 2 is 1.90 bits per heavy atom. The molecule has 0 spiro atoms. The molecule has 0 bridgehead atoms. The number of nitrogens with one attached hydrogen (secondary N) is 1. The molecule has 5 heteroatoms. The van der Waals surface area contributed by atoms with Crippen molar-refractivity contribution in [3.05, 3.63) is 27.8 Å². The number of amides is 2. The molecular formula is C15H19IN2O2. The minimum absolute atomic E-state index is 0.00235. The maximum atomic E-state index is 12.9. The van der Waals surface area contributed by atoms with Crippen LogP contribution in [0, 0.1) is 3.57 Å². The van der Waals surface area contributed by atoms with Crippen LogP contribution in [0.15, 0.2) is 24.3 Å². The van der Waals surface area contributed by atoms with Crippen LogP contribution in [-0.4, -0.2) is 23.9 Å². The van der Waals surface area contributed by atoms with E-state index in [-0.39, 0.29) is 11.8 Å². The van der Waals surface area contributed by atoms with E-state index in [0.717, 1.165) is 9.26 Å². The Labute approximate surface area is 133 Å². The summed E-state index contributed by atoms with van der Waals surface area (Å²) in [6.07, 6.45) is 1.56. The van der Waals surface area contributed by atoms with Crippen molar-refractivity contribution in [3.8, 4) is 0 Å². The third kappa shape index (κ3) is 2.68. The standard InChI is InChI=1S/C15H19IN2O2/c1-3-15(4-2)14(20)18(10-9-13(19)17-15)12-8-6-5-7-11(12)16/h5-8H,3-4,9-10H2,1-2H3,(H,17,19). The van der Waals surface area contributed by atoms with Crippen LogP contribution in [0.25, 0.3) is 0 Å². The van der Waals surface area contributed by atoms with Gasteiger partial charge in [0.2, 0.25) is 5.91 Å². The summed E-state index contributed by atoms with van der Waals surface area (Å²) in [4.78, 5) is 26.6. The Bertz CT molecular complexity index is 526. The second kappa shape index (κ2) is 6.11. The number of rotatable bonds is 3. The monoisotopic (exact) mass is 386 g/mol. The van der Waals surface area contributed by atoms with Crippen molar-refractivity contribution in [1.29, 1.82) is 0 Å². The smallest absolute Gasteiger partial charge is 0.252 e. The molecule has 1 aromatic carbocycles. The van der Waals surface area contributed by atoms with E-state index in [9.17, 15) is 9.59 Å². The number of carbonyl (C=O) groups excluding carboxylic acids is 2. The zero-order valence-electron chi connectivity index (χ0n) is 11.8. The number of hydrogen-bond donors (Lipinski definition) is 1. The van der Waals surface area contributed by atoms with Gasteiger partial charge in [0.15, 0.2) is 0 Å². The fourth-order valence-electron chi connectivity index (χ4n) is 2.59. The maximum Gasteiger partial charge on any atom is 0.252 e. The number of carbonyl (C=O) groups is 2. The van der Waals surface area contributed by atoms with Crippen molar-refractivity contribution < 1.29 is 9.59 Å². The Hall–Kier alpha value is -1.11. The van der Waals surface area contributed by atoms with Gasteiger partial charge in [0.1, 0.15) is 5.54 Å². The second-order valence-corrected chi connectivity index (χ2v) is 6.16. The first kappa shape index (κ1) is 15.3. The first-order valence-corrected chi connectivity index (χ1v) is 7.99. The van der Waals surface area contributed by atoms with Crippen molar-refractivity contribution in [2.45, 2.75) is 38.6 Å². The molecule has 0 atom stereocenters. The van der Waals surface area contributed by atoms with Crippen LogP contribution in [0.5, 0.6) is 0 Å². The van der Waals surface area contributed by atoms with Crippen molar-refractivity contribution in [2.75, 3.05) is 11.4 Å². The normalized spacial score (nSPS) is 18.6. The predicted octanol–water partition coefficient (Wildman–Crippen LogP) is 2.70. The first-order valence-electron chi connectivity index (χ1n) is 6.91. The van der Waals surface area contributed by atoms with E-state index in [0.29, 0.717) is 25.8 Å². The molecule has 1 fully saturated rings. The van der Waals surface area contributed by atoms with Gasteiger partial charge >= 0.3 is 0 Å². The third-order valence-electron chi connectivity index (χ3n) is 3.95. The van der Waals surface area contributed by atoms with Gasteiger partial charge in [0.25, 0.3) is 5.91 Å². The van der Waals surface area contributed by atoms with Gasteiger partial charge in [-0.3, -0.25) is 9.59 Å². The quantitative estimate of drug-likeness (QED) is 0.813. The molecule has 1 aromatic rings. The fourth-order valence-corrected chi connectivity index (χ4v) is 3.26. The minimum Gasteiger partial charge on any atom is -0.342 e. The van der Waals surface area contributed by atoms with Gasteiger partial charge in [-0.25, -0.2) is 0 Å². The molecule has 0 unspecified atom stereocenters. The molecule has 4 nitrogen and oxygen atoms in total. The number of hydrogen-bond acceptors (Lipinski definition) is 2. The lowest BCUT2D eigenvalue weighted by Gasteiger charge is -2.34. The van der Waals surface area contributed by atoms with E-state index in [1.54, 1.807) is 4.90 Å². The maximum absolute atomic E-state index is 12.9.